The van der Waals surface area contributed by atoms with Crippen molar-refractivity contribution in [2.75, 3.05) is 21.3 Å². The van der Waals surface area contributed by atoms with Gasteiger partial charge in [0.15, 0.2) is 0 Å². The van der Waals surface area contributed by atoms with Crippen LogP contribution in [0.1, 0.15) is 105 Å². The number of carboxylic acids is 1. The Balaban J connectivity index is 0.000000406. The van der Waals surface area contributed by atoms with Crippen molar-refractivity contribution >= 4 is 113 Å². The topological polar surface area (TPSA) is 175 Å². The lowest BCUT2D eigenvalue weighted by molar-refractivity contribution is 0.0593. The summed E-state index contributed by atoms with van der Waals surface area (Å²) in [5.41, 5.74) is 12.1. The first kappa shape index (κ1) is 90.9. The molecule has 0 saturated heterocycles. The molecule has 0 aromatic heterocycles. The Morgan fingerprint density at radius 1 is 0.462 bits per heavy atom. The van der Waals surface area contributed by atoms with E-state index in [0.29, 0.717) is 44.2 Å². The van der Waals surface area contributed by atoms with Crippen molar-refractivity contribution in [1.29, 1.82) is 0 Å². The number of methoxy groups -OCH3 is 3. The van der Waals surface area contributed by atoms with Gasteiger partial charge in [-0.2, -0.15) is 0 Å². The number of carbonyl (C=O) groups is 4. The first-order valence-corrected chi connectivity index (χ1v) is 36.2. The standard InChI is InChI=1S/C16H14BrClO3.C15H13BrO3.2C8H9BrO.2C8H10.C8H8.2C7H6O.CH5BO2/c1-10-8-12(21-9-11-6-4-3-5-7-11)13(16(19)20-2)14(17)15(10)18;1-10-7-12(16)14(15(17)18)13(8-10)19-9-11-5-3-2-4-6-11;2*1-6-3-7(9)5-8(4-6)10-2;3*1-2-8-6-4-3-5-7-8;2*8-6-7-4-2-1-3-5-7;1-2(3)4/h3-8H,9H2,1-2H3;2-8H,9H2,1H3,(H,17,18);2*3-5H,1-2H3;2*3-7H,2H2,1H3;2-7H,1H2;2*1-6H;3-4H,1H3. The molecule has 544 valence electrons. The molecule has 0 heterocycles. The molecule has 11 aromatic carbocycles. The van der Waals surface area contributed by atoms with Gasteiger partial charge in [-0.05, 0) is 184 Å². The van der Waals surface area contributed by atoms with E-state index in [0.717, 1.165) is 79.2 Å². The third kappa shape index (κ3) is 39.5. The second kappa shape index (κ2) is 54.5. The summed E-state index contributed by atoms with van der Waals surface area (Å²) in [6.07, 6.45) is 5.78. The normalized spacial score (nSPS) is 9.39. The van der Waals surface area contributed by atoms with Gasteiger partial charge in [0.25, 0.3) is 0 Å². The first-order valence-electron chi connectivity index (χ1n) is 32.6. The third-order valence-corrected chi connectivity index (χ3v) is 16.6. The van der Waals surface area contributed by atoms with Crippen LogP contribution >= 0.6 is 75.3 Å². The van der Waals surface area contributed by atoms with Gasteiger partial charge in [-0.3, -0.25) is 9.59 Å². The Kier molecular flexibility index (Phi) is 47.6. The molecule has 11 aromatic rings. The fraction of sp³-hybridized carbons (Fsp3) is 0.163. The van der Waals surface area contributed by atoms with Gasteiger partial charge in [0.2, 0.25) is 0 Å². The minimum Gasteiger partial charge on any atom is -0.497 e. The summed E-state index contributed by atoms with van der Waals surface area (Å²) in [6, 6.07) is 85.7. The van der Waals surface area contributed by atoms with E-state index in [4.69, 9.17) is 45.3 Å². The number of halogens is 5. The lowest BCUT2D eigenvalue weighted by Crippen LogP contribution is -2.08. The summed E-state index contributed by atoms with van der Waals surface area (Å²) < 4.78 is 29.4. The molecule has 0 fully saturated rings. The fourth-order valence-electron chi connectivity index (χ4n) is 8.35. The lowest BCUT2D eigenvalue weighted by Gasteiger charge is -2.14. The molecule has 0 amide bonds. The Morgan fingerprint density at radius 2 is 0.779 bits per heavy atom. The quantitative estimate of drug-likeness (QED) is 0.0504. The van der Waals surface area contributed by atoms with Gasteiger partial charge in [0, 0.05) is 24.5 Å². The molecule has 3 N–H and O–H groups in total. The minimum absolute atomic E-state index is 0.154. The van der Waals surface area contributed by atoms with E-state index in [2.05, 4.69) is 133 Å². The van der Waals surface area contributed by atoms with E-state index < -0.39 is 19.1 Å². The van der Waals surface area contributed by atoms with Crippen molar-refractivity contribution in [3.8, 4) is 23.0 Å². The van der Waals surface area contributed by atoms with Crippen LogP contribution in [-0.2, 0) is 30.8 Å². The summed E-state index contributed by atoms with van der Waals surface area (Å²) in [6.45, 7) is 17.8. The molecule has 12 nitrogen and oxygen atoms in total. The molecule has 0 saturated carbocycles. The summed E-state index contributed by atoms with van der Waals surface area (Å²) in [5.74, 6) is 1.11. The molecule has 0 radical (unpaired) electrons. The van der Waals surface area contributed by atoms with Crippen LogP contribution in [0.2, 0.25) is 11.8 Å². The van der Waals surface area contributed by atoms with Crippen LogP contribution in [0, 0.1) is 27.7 Å². The number of hydrogen-bond acceptors (Lipinski definition) is 11. The van der Waals surface area contributed by atoms with Gasteiger partial charge in [0.1, 0.15) is 59.9 Å². The average molecular weight is 1680 g/mol. The summed E-state index contributed by atoms with van der Waals surface area (Å²) in [7, 11) is 3.49. The summed E-state index contributed by atoms with van der Waals surface area (Å²) in [4.78, 5) is 43.2. The highest BCUT2D eigenvalue weighted by atomic mass is 79.9. The molecule has 0 aliphatic rings. The van der Waals surface area contributed by atoms with Crippen molar-refractivity contribution in [1.82, 2.24) is 0 Å². The van der Waals surface area contributed by atoms with Gasteiger partial charge in [-0.1, -0.05) is 282 Å². The Morgan fingerprint density at radius 3 is 1.05 bits per heavy atom. The molecule has 0 spiro atoms. The van der Waals surface area contributed by atoms with Crippen molar-refractivity contribution < 1.29 is 58.0 Å². The van der Waals surface area contributed by atoms with E-state index in [1.807, 2.05) is 210 Å². The summed E-state index contributed by atoms with van der Waals surface area (Å²) >= 11 is 19.5. The lowest BCUT2D eigenvalue weighted by atomic mass is 9.99. The monoisotopic (exact) mass is 1680 g/mol. The molecular formula is C86H90BBr4ClO12. The number of aryl methyl sites for hydroxylation is 6. The van der Waals surface area contributed by atoms with Crippen LogP contribution < -0.4 is 18.9 Å². The van der Waals surface area contributed by atoms with Gasteiger partial charge in [-0.25, -0.2) is 9.59 Å². The SMILES string of the molecule is C=Cc1ccccc1.CB(O)O.CCc1ccccc1.CCc1ccccc1.COC(=O)c1c(OCc2ccccc2)cc(C)c(Cl)c1Br.COc1cc(C)cc(Br)c1.COc1cc(C)cc(Br)c1.Cc1cc(Br)c(C(=O)O)c(OCc2ccccc2)c1.O=Cc1ccccc1.O=Cc1ccccc1. The molecule has 0 aliphatic heterocycles. The highest BCUT2D eigenvalue weighted by Crippen LogP contribution is 2.37. The van der Waals surface area contributed by atoms with E-state index in [1.54, 1.807) is 56.7 Å². The summed E-state index contributed by atoms with van der Waals surface area (Å²) in [5, 5.41) is 24.9. The highest BCUT2D eigenvalue weighted by molar-refractivity contribution is 9.11. The Labute approximate surface area is 653 Å². The zero-order valence-corrected chi connectivity index (χ0v) is 67.3. The predicted octanol–water partition coefficient (Wildman–Crippen LogP) is 23.3. The Hall–Kier alpha value is -9.17. The number of rotatable bonds is 15. The van der Waals surface area contributed by atoms with E-state index in [9.17, 15) is 24.3 Å². The zero-order chi connectivity index (χ0) is 77.0. The number of benzene rings is 11. The van der Waals surface area contributed by atoms with Crippen LogP contribution in [-0.4, -0.2) is 68.1 Å². The van der Waals surface area contributed by atoms with Crippen molar-refractivity contribution in [2.24, 2.45) is 0 Å². The number of hydrogen-bond donors (Lipinski definition) is 3. The van der Waals surface area contributed by atoms with Crippen LogP contribution in [0.15, 0.2) is 291 Å². The average Bonchev–Trinajstić information content (AvgIpc) is 0.757. The number of esters is 1. The molecule has 11 rings (SSSR count). The third-order valence-electron chi connectivity index (χ3n) is 13.5. The van der Waals surface area contributed by atoms with E-state index in [1.165, 1.54) is 41.8 Å². The molecule has 0 bridgehead atoms. The number of ether oxygens (including phenoxy) is 5. The maximum atomic E-state index is 11.9. The molecule has 0 unspecified atom stereocenters. The van der Waals surface area contributed by atoms with Crippen molar-refractivity contribution in [2.45, 2.75) is 74.4 Å². The van der Waals surface area contributed by atoms with Crippen LogP contribution in [0.5, 0.6) is 23.0 Å². The van der Waals surface area contributed by atoms with E-state index in [-0.39, 0.29) is 5.56 Å². The molecule has 18 heteroatoms. The second-order valence-electron chi connectivity index (χ2n) is 22.0. The minimum atomic E-state index is -1.17. The number of aromatic carboxylic acids is 1. The molecule has 0 atom stereocenters. The fourth-order valence-corrected chi connectivity index (χ4v) is 11.1. The maximum absolute atomic E-state index is 11.9. The zero-order valence-electron chi connectivity index (χ0n) is 60.2. The molecular weight excluding hydrogens is 1590 g/mol. The molecule has 104 heavy (non-hydrogen) atoms. The van der Waals surface area contributed by atoms with Crippen molar-refractivity contribution in [3.63, 3.8) is 0 Å². The van der Waals surface area contributed by atoms with Gasteiger partial charge < -0.3 is 38.8 Å². The van der Waals surface area contributed by atoms with Crippen molar-refractivity contribution in [3.05, 3.63) is 369 Å². The first-order chi connectivity index (χ1) is 49.9. The Bertz CT molecular complexity index is 3970. The largest absolute Gasteiger partial charge is 0.497 e. The van der Waals surface area contributed by atoms with E-state index >= 15 is 0 Å². The number of carbonyl (C=O) groups excluding carboxylic acids is 3. The highest BCUT2D eigenvalue weighted by Gasteiger charge is 2.22. The predicted molar refractivity (Wildman–Crippen MR) is 441 cm³/mol. The number of aldehydes is 2. The van der Waals surface area contributed by atoms with Crippen LogP contribution in [0.25, 0.3) is 6.08 Å². The van der Waals surface area contributed by atoms with Crippen LogP contribution in [0.3, 0.4) is 0 Å². The van der Waals surface area contributed by atoms with Gasteiger partial charge >= 0.3 is 19.1 Å². The van der Waals surface area contributed by atoms with Gasteiger partial charge in [-0.15, -0.1) is 0 Å². The molecule has 0 aliphatic carbocycles. The number of carboxylic acid groups (broad SMARTS) is 1. The van der Waals surface area contributed by atoms with Gasteiger partial charge in [0.05, 0.1) is 30.8 Å². The second-order valence-corrected chi connectivity index (χ2v) is 25.8. The smallest absolute Gasteiger partial charge is 0.448 e. The van der Waals surface area contributed by atoms with Crippen LogP contribution in [0.4, 0.5) is 0 Å². The maximum Gasteiger partial charge on any atom is 0.448 e.